The van der Waals surface area contributed by atoms with Crippen LogP contribution in [-0.4, -0.2) is 28.3 Å². The number of nitrogens with one attached hydrogen (secondary N) is 2. The minimum absolute atomic E-state index is 0.0258. The van der Waals surface area contributed by atoms with E-state index in [2.05, 4.69) is 15.7 Å². The number of amides is 1. The third-order valence-corrected chi connectivity index (χ3v) is 4.17. The van der Waals surface area contributed by atoms with Crippen LogP contribution < -0.4 is 10.6 Å². The highest BCUT2D eigenvalue weighted by atomic mass is 19.1. The highest BCUT2D eigenvalue weighted by Crippen LogP contribution is 2.20. The van der Waals surface area contributed by atoms with Crippen molar-refractivity contribution in [2.24, 2.45) is 0 Å². The lowest BCUT2D eigenvalue weighted by molar-refractivity contribution is -0.123. The Morgan fingerprint density at radius 2 is 2.35 bits per heavy atom. The molecular formula is C17H21FN4O. The summed E-state index contributed by atoms with van der Waals surface area (Å²) >= 11 is 0. The van der Waals surface area contributed by atoms with Gasteiger partial charge in [0.2, 0.25) is 5.91 Å². The third kappa shape index (κ3) is 3.42. The first-order valence-corrected chi connectivity index (χ1v) is 7.89. The van der Waals surface area contributed by atoms with Gasteiger partial charge >= 0.3 is 0 Å². The summed E-state index contributed by atoms with van der Waals surface area (Å²) in [4.78, 5) is 12.1. The maximum absolute atomic E-state index is 14.4. The fourth-order valence-corrected chi connectivity index (χ4v) is 2.83. The predicted molar refractivity (Wildman–Crippen MR) is 85.8 cm³/mol. The number of aromatic nitrogens is 2. The van der Waals surface area contributed by atoms with E-state index in [1.54, 1.807) is 18.5 Å². The molecule has 1 saturated heterocycles. The van der Waals surface area contributed by atoms with Gasteiger partial charge in [-0.2, -0.15) is 5.10 Å². The first-order valence-electron chi connectivity index (χ1n) is 7.89. The van der Waals surface area contributed by atoms with Crippen molar-refractivity contribution in [3.8, 4) is 5.69 Å². The van der Waals surface area contributed by atoms with E-state index in [1.807, 2.05) is 19.9 Å². The molecule has 2 atom stereocenters. The van der Waals surface area contributed by atoms with Crippen LogP contribution in [0, 0.1) is 12.7 Å². The number of benzene rings is 1. The lowest BCUT2D eigenvalue weighted by Crippen LogP contribution is -2.41. The molecule has 0 bridgehead atoms. The molecular weight excluding hydrogens is 295 g/mol. The van der Waals surface area contributed by atoms with E-state index in [0.29, 0.717) is 5.69 Å². The third-order valence-electron chi connectivity index (χ3n) is 4.17. The van der Waals surface area contributed by atoms with Crippen molar-refractivity contribution in [3.05, 3.63) is 47.5 Å². The second-order valence-electron chi connectivity index (χ2n) is 6.05. The van der Waals surface area contributed by atoms with Gasteiger partial charge in [0.25, 0.3) is 0 Å². The van der Waals surface area contributed by atoms with Crippen molar-refractivity contribution in [1.82, 2.24) is 20.4 Å². The Hall–Kier alpha value is -2.21. The molecule has 1 aromatic heterocycles. The average molecular weight is 316 g/mol. The molecule has 2 heterocycles. The molecule has 0 saturated carbocycles. The molecule has 6 heteroatoms. The molecule has 23 heavy (non-hydrogen) atoms. The molecule has 5 nitrogen and oxygen atoms in total. The monoisotopic (exact) mass is 316 g/mol. The topological polar surface area (TPSA) is 59.0 Å². The summed E-state index contributed by atoms with van der Waals surface area (Å²) < 4.78 is 15.9. The van der Waals surface area contributed by atoms with Crippen molar-refractivity contribution in [3.63, 3.8) is 0 Å². The number of hydrogen-bond donors (Lipinski definition) is 2. The van der Waals surface area contributed by atoms with Gasteiger partial charge in [0.15, 0.2) is 0 Å². The zero-order valence-corrected chi connectivity index (χ0v) is 13.3. The molecule has 3 rings (SSSR count). The first kappa shape index (κ1) is 15.7. The van der Waals surface area contributed by atoms with Crippen LogP contribution in [0.1, 0.15) is 36.9 Å². The largest absolute Gasteiger partial charge is 0.348 e. The van der Waals surface area contributed by atoms with Crippen LogP contribution in [0.5, 0.6) is 0 Å². The van der Waals surface area contributed by atoms with Gasteiger partial charge in [-0.25, -0.2) is 9.07 Å². The second kappa shape index (κ2) is 6.50. The van der Waals surface area contributed by atoms with E-state index < -0.39 is 0 Å². The minimum atomic E-state index is -0.356. The van der Waals surface area contributed by atoms with E-state index in [1.165, 1.54) is 10.7 Å². The molecule has 0 unspecified atom stereocenters. The van der Waals surface area contributed by atoms with Gasteiger partial charge in [-0.3, -0.25) is 4.79 Å². The fraction of sp³-hybridized carbons (Fsp3) is 0.412. The fourth-order valence-electron chi connectivity index (χ4n) is 2.83. The number of halogens is 1. The summed E-state index contributed by atoms with van der Waals surface area (Å²) in [5.74, 6) is -0.382. The van der Waals surface area contributed by atoms with Crippen LogP contribution in [0.3, 0.4) is 0 Å². The van der Waals surface area contributed by atoms with E-state index in [-0.39, 0.29) is 23.8 Å². The van der Waals surface area contributed by atoms with Gasteiger partial charge in [0.1, 0.15) is 11.5 Å². The summed E-state index contributed by atoms with van der Waals surface area (Å²) in [5, 5.41) is 10.2. The zero-order chi connectivity index (χ0) is 16.4. The smallest absolute Gasteiger partial charge is 0.237 e. The van der Waals surface area contributed by atoms with Crippen molar-refractivity contribution < 1.29 is 9.18 Å². The lowest BCUT2D eigenvalue weighted by Gasteiger charge is -2.18. The number of hydrogen-bond acceptors (Lipinski definition) is 3. The average Bonchev–Trinajstić information content (AvgIpc) is 3.18. The van der Waals surface area contributed by atoms with Crippen LogP contribution in [0.25, 0.3) is 5.69 Å². The van der Waals surface area contributed by atoms with Gasteiger partial charge in [0, 0.05) is 6.20 Å². The van der Waals surface area contributed by atoms with Gasteiger partial charge in [0.05, 0.1) is 18.3 Å². The Morgan fingerprint density at radius 3 is 2.96 bits per heavy atom. The van der Waals surface area contributed by atoms with E-state index in [0.717, 1.165) is 30.5 Å². The van der Waals surface area contributed by atoms with Crippen molar-refractivity contribution in [2.45, 2.75) is 38.8 Å². The number of aryl methyl sites for hydroxylation is 1. The molecule has 1 aromatic carbocycles. The summed E-state index contributed by atoms with van der Waals surface area (Å²) in [5.41, 5.74) is 2.11. The standard InChI is InChI=1S/C17H21FN4O/c1-11-9-20-22(10-11)16-6-5-13(8-14(16)18)12(2)21-17(23)15-4-3-7-19-15/h5-6,8-10,12,15,19H,3-4,7H2,1-2H3,(H,21,23)/t12-,15-/m0/s1. The Morgan fingerprint density at radius 1 is 1.52 bits per heavy atom. The number of rotatable bonds is 4. The molecule has 122 valence electrons. The molecule has 1 aliphatic heterocycles. The van der Waals surface area contributed by atoms with Gasteiger partial charge < -0.3 is 10.6 Å². The highest BCUT2D eigenvalue weighted by molar-refractivity contribution is 5.82. The molecule has 0 spiro atoms. The van der Waals surface area contributed by atoms with Crippen molar-refractivity contribution in [1.29, 1.82) is 0 Å². The van der Waals surface area contributed by atoms with E-state index >= 15 is 0 Å². The summed E-state index contributed by atoms with van der Waals surface area (Å²) in [6.07, 6.45) is 5.32. The minimum Gasteiger partial charge on any atom is -0.348 e. The predicted octanol–water partition coefficient (Wildman–Crippen LogP) is 2.25. The maximum atomic E-state index is 14.4. The zero-order valence-electron chi connectivity index (χ0n) is 13.3. The molecule has 2 N–H and O–H groups in total. The van der Waals surface area contributed by atoms with Gasteiger partial charge in [-0.05, 0) is 56.5 Å². The number of carbonyl (C=O) groups is 1. The van der Waals surface area contributed by atoms with E-state index in [9.17, 15) is 9.18 Å². The quantitative estimate of drug-likeness (QED) is 0.909. The van der Waals surface area contributed by atoms with Gasteiger partial charge in [-0.15, -0.1) is 0 Å². The maximum Gasteiger partial charge on any atom is 0.237 e. The molecule has 0 radical (unpaired) electrons. The van der Waals surface area contributed by atoms with E-state index in [4.69, 9.17) is 0 Å². The van der Waals surface area contributed by atoms with Gasteiger partial charge in [-0.1, -0.05) is 6.07 Å². The van der Waals surface area contributed by atoms with Crippen molar-refractivity contribution in [2.75, 3.05) is 6.54 Å². The SMILES string of the molecule is Cc1cnn(-c2ccc([C@H](C)NC(=O)[C@@H]3CCCN3)cc2F)c1. The Kier molecular flexibility index (Phi) is 4.43. The molecule has 0 aliphatic carbocycles. The van der Waals surface area contributed by atoms with Crippen molar-refractivity contribution >= 4 is 5.91 Å². The van der Waals surface area contributed by atoms with Crippen LogP contribution >= 0.6 is 0 Å². The normalized spacial score (nSPS) is 18.8. The Labute approximate surface area is 134 Å². The van der Waals surface area contributed by atoms with Crippen LogP contribution in [0.2, 0.25) is 0 Å². The van der Waals surface area contributed by atoms with Crippen LogP contribution in [0.4, 0.5) is 4.39 Å². The molecule has 1 amide bonds. The van der Waals surface area contributed by atoms with Crippen LogP contribution in [-0.2, 0) is 4.79 Å². The summed E-state index contributed by atoms with van der Waals surface area (Å²) in [7, 11) is 0. The number of carbonyl (C=O) groups excluding carboxylic acids is 1. The Bertz CT molecular complexity index is 706. The molecule has 1 fully saturated rings. The molecule has 1 aliphatic rings. The molecule has 2 aromatic rings. The number of nitrogens with zero attached hydrogens (tertiary/aromatic N) is 2. The Balaban J connectivity index is 1.72. The first-order chi connectivity index (χ1) is 11.0. The van der Waals surface area contributed by atoms with Crippen LogP contribution in [0.15, 0.2) is 30.6 Å². The second-order valence-corrected chi connectivity index (χ2v) is 6.05. The highest BCUT2D eigenvalue weighted by Gasteiger charge is 2.23. The lowest BCUT2D eigenvalue weighted by atomic mass is 10.1. The summed E-state index contributed by atoms with van der Waals surface area (Å²) in [6, 6.07) is 4.59. The summed E-state index contributed by atoms with van der Waals surface area (Å²) in [6.45, 7) is 4.64.